The van der Waals surface area contributed by atoms with Crippen LogP contribution in [0.5, 0.6) is 0 Å². The third-order valence-corrected chi connectivity index (χ3v) is 4.12. The molecule has 0 atom stereocenters. The van der Waals surface area contributed by atoms with Gasteiger partial charge in [-0.1, -0.05) is 12.8 Å². The Morgan fingerprint density at radius 1 is 1.37 bits per heavy atom. The highest BCUT2D eigenvalue weighted by atomic mass is 16.1. The second kappa shape index (κ2) is 4.68. The molecule has 4 nitrogen and oxygen atoms in total. The van der Waals surface area contributed by atoms with E-state index in [4.69, 9.17) is 4.98 Å². The molecule has 1 heterocycles. The van der Waals surface area contributed by atoms with Gasteiger partial charge < -0.3 is 9.88 Å². The Morgan fingerprint density at radius 3 is 2.79 bits per heavy atom. The van der Waals surface area contributed by atoms with E-state index >= 15 is 0 Å². The Morgan fingerprint density at radius 2 is 2.11 bits per heavy atom. The second-order valence-corrected chi connectivity index (χ2v) is 5.29. The van der Waals surface area contributed by atoms with Crippen molar-refractivity contribution in [1.29, 1.82) is 0 Å². The predicted molar refractivity (Wildman–Crippen MR) is 75.3 cm³/mol. The number of carbonyl (C=O) groups excluding carboxylic acids is 1. The average Bonchev–Trinajstić information content (AvgIpc) is 3.05. The van der Waals surface area contributed by atoms with Gasteiger partial charge in [0.2, 0.25) is 0 Å². The van der Waals surface area contributed by atoms with Crippen LogP contribution < -0.4 is 5.32 Å². The SMILES string of the molecule is CNC(=O)c1ccc2c(c1)nc(C1CCCC1)n2C. The lowest BCUT2D eigenvalue weighted by Crippen LogP contribution is -2.17. The van der Waals surface area contributed by atoms with Crippen molar-refractivity contribution in [2.75, 3.05) is 7.05 Å². The Balaban J connectivity index is 2.06. The maximum Gasteiger partial charge on any atom is 0.251 e. The van der Waals surface area contributed by atoms with Crippen LogP contribution in [0.25, 0.3) is 11.0 Å². The van der Waals surface area contributed by atoms with E-state index in [-0.39, 0.29) is 5.91 Å². The van der Waals surface area contributed by atoms with Crippen LogP contribution in [-0.2, 0) is 7.05 Å². The number of hydrogen-bond acceptors (Lipinski definition) is 2. The van der Waals surface area contributed by atoms with Gasteiger partial charge >= 0.3 is 0 Å². The summed E-state index contributed by atoms with van der Waals surface area (Å²) in [6, 6.07) is 5.74. The number of amides is 1. The van der Waals surface area contributed by atoms with E-state index in [9.17, 15) is 4.79 Å². The van der Waals surface area contributed by atoms with Crippen LogP contribution in [0.1, 0.15) is 47.8 Å². The molecule has 1 aromatic heterocycles. The number of nitrogens with zero attached hydrogens (tertiary/aromatic N) is 2. The minimum absolute atomic E-state index is 0.0602. The van der Waals surface area contributed by atoms with Crippen molar-refractivity contribution in [3.63, 3.8) is 0 Å². The Kier molecular flexibility index (Phi) is 3.01. The van der Waals surface area contributed by atoms with Gasteiger partial charge in [0, 0.05) is 25.6 Å². The summed E-state index contributed by atoms with van der Waals surface area (Å²) in [5.41, 5.74) is 2.70. The predicted octanol–water partition coefficient (Wildman–Crippen LogP) is 2.59. The molecule has 4 heteroatoms. The summed E-state index contributed by atoms with van der Waals surface area (Å²) in [5.74, 6) is 1.69. The van der Waals surface area contributed by atoms with E-state index in [1.54, 1.807) is 7.05 Å². The van der Waals surface area contributed by atoms with E-state index in [1.165, 1.54) is 31.5 Å². The molecule has 1 aliphatic rings. The van der Waals surface area contributed by atoms with Gasteiger partial charge in [0.05, 0.1) is 11.0 Å². The highest BCUT2D eigenvalue weighted by Crippen LogP contribution is 2.34. The summed E-state index contributed by atoms with van der Waals surface area (Å²) in [7, 11) is 3.72. The van der Waals surface area contributed by atoms with E-state index in [0.29, 0.717) is 11.5 Å². The van der Waals surface area contributed by atoms with Crippen molar-refractivity contribution >= 4 is 16.9 Å². The van der Waals surface area contributed by atoms with Crippen LogP contribution in [0.3, 0.4) is 0 Å². The maximum absolute atomic E-state index is 11.7. The highest BCUT2D eigenvalue weighted by Gasteiger charge is 2.22. The molecule has 2 aromatic rings. The molecule has 0 unspecified atom stereocenters. The largest absolute Gasteiger partial charge is 0.355 e. The van der Waals surface area contributed by atoms with Crippen molar-refractivity contribution in [2.24, 2.45) is 7.05 Å². The van der Waals surface area contributed by atoms with Crippen molar-refractivity contribution in [2.45, 2.75) is 31.6 Å². The van der Waals surface area contributed by atoms with Gasteiger partial charge in [-0.25, -0.2) is 4.98 Å². The Bertz CT molecular complexity index is 624. The summed E-state index contributed by atoms with van der Waals surface area (Å²) >= 11 is 0. The quantitative estimate of drug-likeness (QED) is 0.899. The zero-order valence-electron chi connectivity index (χ0n) is 11.4. The third kappa shape index (κ3) is 2.01. The van der Waals surface area contributed by atoms with E-state index in [1.807, 2.05) is 18.2 Å². The van der Waals surface area contributed by atoms with Crippen molar-refractivity contribution in [1.82, 2.24) is 14.9 Å². The number of aryl methyl sites for hydroxylation is 1. The number of fused-ring (bicyclic) bond motifs is 1. The third-order valence-electron chi connectivity index (χ3n) is 4.12. The van der Waals surface area contributed by atoms with Gasteiger partial charge in [0.15, 0.2) is 0 Å². The van der Waals surface area contributed by atoms with Gasteiger partial charge in [-0.3, -0.25) is 4.79 Å². The number of benzene rings is 1. The fourth-order valence-electron chi connectivity index (χ4n) is 3.05. The molecular formula is C15H19N3O. The van der Waals surface area contributed by atoms with Gasteiger partial charge in [-0.2, -0.15) is 0 Å². The Labute approximate surface area is 112 Å². The monoisotopic (exact) mass is 257 g/mol. The maximum atomic E-state index is 11.7. The van der Waals surface area contributed by atoms with Crippen molar-refractivity contribution < 1.29 is 4.79 Å². The molecule has 0 spiro atoms. The number of rotatable bonds is 2. The summed E-state index contributed by atoms with van der Waals surface area (Å²) in [6.45, 7) is 0. The lowest BCUT2D eigenvalue weighted by molar-refractivity contribution is 0.0963. The number of nitrogens with one attached hydrogen (secondary N) is 1. The number of aromatic nitrogens is 2. The summed E-state index contributed by atoms with van der Waals surface area (Å²) in [6.07, 6.45) is 5.08. The van der Waals surface area contributed by atoms with Gasteiger partial charge in [0.1, 0.15) is 5.82 Å². The number of imidazole rings is 1. The smallest absolute Gasteiger partial charge is 0.251 e. The molecule has 0 radical (unpaired) electrons. The zero-order chi connectivity index (χ0) is 13.4. The molecule has 3 rings (SSSR count). The van der Waals surface area contributed by atoms with Crippen LogP contribution in [-0.4, -0.2) is 22.5 Å². The molecule has 19 heavy (non-hydrogen) atoms. The standard InChI is InChI=1S/C15H19N3O/c1-16-15(19)11-7-8-13-12(9-11)17-14(18(13)2)10-5-3-4-6-10/h7-10H,3-6H2,1-2H3,(H,16,19). The zero-order valence-corrected chi connectivity index (χ0v) is 11.4. The van der Waals surface area contributed by atoms with Gasteiger partial charge in [0.25, 0.3) is 5.91 Å². The average molecular weight is 257 g/mol. The first-order valence-corrected chi connectivity index (χ1v) is 6.89. The van der Waals surface area contributed by atoms with Gasteiger partial charge in [-0.05, 0) is 31.0 Å². The molecular weight excluding hydrogens is 238 g/mol. The molecule has 0 saturated heterocycles. The van der Waals surface area contributed by atoms with Gasteiger partial charge in [-0.15, -0.1) is 0 Å². The first-order chi connectivity index (χ1) is 9.20. The fraction of sp³-hybridized carbons (Fsp3) is 0.467. The molecule has 1 N–H and O–H groups in total. The molecule has 100 valence electrons. The molecule has 1 amide bonds. The van der Waals surface area contributed by atoms with Crippen LogP contribution >= 0.6 is 0 Å². The second-order valence-electron chi connectivity index (χ2n) is 5.29. The van der Waals surface area contributed by atoms with E-state index in [0.717, 1.165) is 11.0 Å². The lowest BCUT2D eigenvalue weighted by Gasteiger charge is -2.08. The first-order valence-electron chi connectivity index (χ1n) is 6.89. The highest BCUT2D eigenvalue weighted by molar-refractivity contribution is 5.97. The van der Waals surface area contributed by atoms with Crippen molar-refractivity contribution in [3.8, 4) is 0 Å². The molecule has 0 bridgehead atoms. The molecule has 1 aromatic carbocycles. The molecule has 1 aliphatic carbocycles. The molecule has 0 aliphatic heterocycles. The molecule has 1 fully saturated rings. The minimum Gasteiger partial charge on any atom is -0.355 e. The topological polar surface area (TPSA) is 46.9 Å². The van der Waals surface area contributed by atoms with Crippen LogP contribution in [0, 0.1) is 0 Å². The van der Waals surface area contributed by atoms with Crippen LogP contribution in [0.2, 0.25) is 0 Å². The number of carbonyl (C=O) groups is 1. The molecule has 1 saturated carbocycles. The van der Waals surface area contributed by atoms with E-state index < -0.39 is 0 Å². The Hall–Kier alpha value is -1.84. The summed E-state index contributed by atoms with van der Waals surface area (Å²) < 4.78 is 2.18. The normalized spacial score (nSPS) is 16.1. The number of hydrogen-bond donors (Lipinski definition) is 1. The first kappa shape index (κ1) is 12.2. The van der Waals surface area contributed by atoms with E-state index in [2.05, 4.69) is 16.9 Å². The lowest BCUT2D eigenvalue weighted by atomic mass is 10.1. The van der Waals surface area contributed by atoms with Crippen molar-refractivity contribution in [3.05, 3.63) is 29.6 Å². The fourth-order valence-corrected chi connectivity index (χ4v) is 3.05. The van der Waals surface area contributed by atoms with Crippen LogP contribution in [0.4, 0.5) is 0 Å². The van der Waals surface area contributed by atoms with Crippen LogP contribution in [0.15, 0.2) is 18.2 Å². The summed E-state index contributed by atoms with van der Waals surface area (Å²) in [4.78, 5) is 16.4. The summed E-state index contributed by atoms with van der Waals surface area (Å²) in [5, 5.41) is 2.65. The minimum atomic E-state index is -0.0602.